The van der Waals surface area contributed by atoms with Gasteiger partial charge in [-0.25, -0.2) is 13.8 Å². The molecule has 2 aliphatic rings. The Hall–Kier alpha value is -2.60. The van der Waals surface area contributed by atoms with Crippen molar-refractivity contribution in [3.05, 3.63) is 71.3 Å². The van der Waals surface area contributed by atoms with Gasteiger partial charge in [0, 0.05) is 25.6 Å². The molecular weight excluding hydrogens is 336 g/mol. The number of amidine groups is 1. The Morgan fingerprint density at radius 2 is 1.54 bits per heavy atom. The highest BCUT2D eigenvalue weighted by molar-refractivity contribution is 6.09. The lowest BCUT2D eigenvalue weighted by Gasteiger charge is -2.33. The maximum atomic E-state index is 13.5. The second-order valence-corrected chi connectivity index (χ2v) is 6.82. The van der Waals surface area contributed by atoms with Crippen LogP contribution in [0.4, 0.5) is 8.78 Å². The number of nitrogens with zero attached hydrogens (tertiary/aromatic N) is 2. The van der Waals surface area contributed by atoms with Crippen molar-refractivity contribution >= 4 is 11.7 Å². The number of amides is 1. The SMILES string of the molecule is CC1=NC(c2ccc(F)cc2)(c2ccc(F)cc2)C(=O)N1CC1CNC1. The molecule has 2 heterocycles. The standard InChI is InChI=1S/C20H19F2N3O/c1-13-24-20(15-2-6-17(21)7-3-15,16-4-8-18(22)9-5-16)19(26)25(13)12-14-10-23-11-14/h2-9,14,23H,10-12H2,1H3. The summed E-state index contributed by atoms with van der Waals surface area (Å²) >= 11 is 0. The van der Waals surface area contributed by atoms with E-state index in [-0.39, 0.29) is 17.5 Å². The summed E-state index contributed by atoms with van der Waals surface area (Å²) in [5, 5.41) is 3.20. The first-order valence-electron chi connectivity index (χ1n) is 8.62. The van der Waals surface area contributed by atoms with Crippen LogP contribution in [-0.2, 0) is 10.3 Å². The monoisotopic (exact) mass is 355 g/mol. The van der Waals surface area contributed by atoms with Gasteiger partial charge in [0.25, 0.3) is 5.91 Å². The fraction of sp³-hybridized carbons (Fsp3) is 0.300. The Bertz CT molecular complexity index is 812. The van der Waals surface area contributed by atoms with Gasteiger partial charge in [0.05, 0.1) is 0 Å². The van der Waals surface area contributed by atoms with Crippen LogP contribution in [0, 0.1) is 17.6 Å². The molecule has 4 rings (SSSR count). The summed E-state index contributed by atoms with van der Waals surface area (Å²) in [5.41, 5.74) is -0.156. The van der Waals surface area contributed by atoms with Crippen molar-refractivity contribution in [1.82, 2.24) is 10.2 Å². The lowest BCUT2D eigenvalue weighted by atomic mass is 9.82. The van der Waals surface area contributed by atoms with E-state index >= 15 is 0 Å². The van der Waals surface area contributed by atoms with Gasteiger partial charge in [-0.1, -0.05) is 24.3 Å². The van der Waals surface area contributed by atoms with Crippen molar-refractivity contribution in [1.29, 1.82) is 0 Å². The van der Waals surface area contributed by atoms with Crippen LogP contribution in [0.25, 0.3) is 0 Å². The minimum atomic E-state index is -1.30. The highest BCUT2D eigenvalue weighted by Crippen LogP contribution is 2.40. The van der Waals surface area contributed by atoms with E-state index in [4.69, 9.17) is 4.99 Å². The zero-order chi connectivity index (χ0) is 18.3. The molecule has 6 heteroatoms. The maximum Gasteiger partial charge on any atom is 0.265 e. The van der Waals surface area contributed by atoms with Gasteiger partial charge in [-0.3, -0.25) is 9.69 Å². The number of aliphatic imine (C=N–C) groups is 1. The first-order chi connectivity index (χ1) is 12.5. The third-order valence-electron chi connectivity index (χ3n) is 5.11. The van der Waals surface area contributed by atoms with Crippen molar-refractivity contribution < 1.29 is 13.6 Å². The van der Waals surface area contributed by atoms with Crippen molar-refractivity contribution in [2.75, 3.05) is 19.6 Å². The summed E-state index contributed by atoms with van der Waals surface area (Å²) in [6.07, 6.45) is 0. The van der Waals surface area contributed by atoms with Crippen LogP contribution in [0.3, 0.4) is 0 Å². The number of carbonyl (C=O) groups is 1. The van der Waals surface area contributed by atoms with Gasteiger partial charge >= 0.3 is 0 Å². The molecule has 2 aromatic carbocycles. The van der Waals surface area contributed by atoms with Crippen LogP contribution in [0.2, 0.25) is 0 Å². The Balaban J connectivity index is 1.82. The molecule has 0 spiro atoms. The predicted molar refractivity (Wildman–Crippen MR) is 94.8 cm³/mol. The number of rotatable bonds is 4. The minimum absolute atomic E-state index is 0.180. The lowest BCUT2D eigenvalue weighted by molar-refractivity contribution is -0.130. The molecule has 0 bridgehead atoms. The molecule has 0 atom stereocenters. The van der Waals surface area contributed by atoms with Gasteiger partial charge in [0.15, 0.2) is 5.54 Å². The van der Waals surface area contributed by atoms with Crippen LogP contribution in [-0.4, -0.2) is 36.3 Å². The molecule has 2 aliphatic heterocycles. The van der Waals surface area contributed by atoms with E-state index in [1.807, 2.05) is 0 Å². The summed E-state index contributed by atoms with van der Waals surface area (Å²) < 4.78 is 26.9. The topological polar surface area (TPSA) is 44.7 Å². The van der Waals surface area contributed by atoms with E-state index in [9.17, 15) is 13.6 Å². The number of hydrogen-bond donors (Lipinski definition) is 1. The lowest BCUT2D eigenvalue weighted by Crippen LogP contribution is -2.51. The highest BCUT2D eigenvalue weighted by Gasteiger charge is 2.50. The second kappa shape index (κ2) is 6.29. The van der Waals surface area contributed by atoms with Crippen molar-refractivity contribution in [2.24, 2.45) is 10.9 Å². The molecule has 0 radical (unpaired) electrons. The van der Waals surface area contributed by atoms with Crippen molar-refractivity contribution in [2.45, 2.75) is 12.5 Å². The van der Waals surface area contributed by atoms with E-state index in [0.29, 0.717) is 29.4 Å². The molecule has 1 N–H and O–H groups in total. The van der Waals surface area contributed by atoms with Crippen LogP contribution in [0.5, 0.6) is 0 Å². The molecule has 0 aromatic heterocycles. The van der Waals surface area contributed by atoms with E-state index in [2.05, 4.69) is 5.32 Å². The molecular formula is C20H19F2N3O. The average molecular weight is 355 g/mol. The molecule has 0 aliphatic carbocycles. The number of benzene rings is 2. The zero-order valence-electron chi connectivity index (χ0n) is 14.4. The fourth-order valence-electron chi connectivity index (χ4n) is 3.57. The van der Waals surface area contributed by atoms with Gasteiger partial charge < -0.3 is 5.32 Å². The highest BCUT2D eigenvalue weighted by atomic mass is 19.1. The van der Waals surface area contributed by atoms with E-state index in [1.54, 1.807) is 36.1 Å². The van der Waals surface area contributed by atoms with Crippen LogP contribution in [0.15, 0.2) is 53.5 Å². The molecule has 0 unspecified atom stereocenters. The molecule has 1 saturated heterocycles. The van der Waals surface area contributed by atoms with Gasteiger partial charge in [0.1, 0.15) is 17.5 Å². The molecule has 0 saturated carbocycles. The summed E-state index contributed by atoms with van der Waals surface area (Å²) in [6.45, 7) is 4.14. The molecule has 1 fully saturated rings. The quantitative estimate of drug-likeness (QED) is 0.917. The first-order valence-corrected chi connectivity index (χ1v) is 8.62. The Morgan fingerprint density at radius 1 is 1.04 bits per heavy atom. The second-order valence-electron chi connectivity index (χ2n) is 6.82. The van der Waals surface area contributed by atoms with Gasteiger partial charge in [-0.2, -0.15) is 0 Å². The third-order valence-corrected chi connectivity index (χ3v) is 5.11. The smallest absolute Gasteiger partial charge is 0.265 e. The Kier molecular flexibility index (Phi) is 4.07. The number of hydrogen-bond acceptors (Lipinski definition) is 3. The minimum Gasteiger partial charge on any atom is -0.316 e. The van der Waals surface area contributed by atoms with Crippen LogP contribution < -0.4 is 5.32 Å². The van der Waals surface area contributed by atoms with E-state index in [0.717, 1.165) is 13.1 Å². The number of carbonyl (C=O) groups excluding carboxylic acids is 1. The Labute approximate surface area is 150 Å². The fourth-order valence-corrected chi connectivity index (χ4v) is 3.57. The van der Waals surface area contributed by atoms with Gasteiger partial charge in [0.2, 0.25) is 0 Å². The van der Waals surface area contributed by atoms with E-state index in [1.165, 1.54) is 24.3 Å². The largest absolute Gasteiger partial charge is 0.316 e. The van der Waals surface area contributed by atoms with Crippen LogP contribution in [0.1, 0.15) is 18.1 Å². The summed E-state index contributed by atoms with van der Waals surface area (Å²) in [5.74, 6) is 0.0649. The predicted octanol–water partition coefficient (Wildman–Crippen LogP) is 2.69. The molecule has 134 valence electrons. The summed E-state index contributed by atoms with van der Waals surface area (Å²) in [7, 11) is 0. The van der Waals surface area contributed by atoms with Gasteiger partial charge in [-0.15, -0.1) is 0 Å². The van der Waals surface area contributed by atoms with Crippen molar-refractivity contribution in [3.8, 4) is 0 Å². The third kappa shape index (κ3) is 2.61. The average Bonchev–Trinajstić information content (AvgIpc) is 2.84. The zero-order valence-corrected chi connectivity index (χ0v) is 14.4. The number of nitrogens with one attached hydrogen (secondary N) is 1. The number of halogens is 2. The van der Waals surface area contributed by atoms with Crippen molar-refractivity contribution in [3.63, 3.8) is 0 Å². The summed E-state index contributed by atoms with van der Waals surface area (Å²) in [4.78, 5) is 19.9. The normalized spacial score (nSPS) is 19.4. The summed E-state index contributed by atoms with van der Waals surface area (Å²) in [6, 6.07) is 11.6. The molecule has 4 nitrogen and oxygen atoms in total. The maximum absolute atomic E-state index is 13.5. The Morgan fingerprint density at radius 3 is 1.96 bits per heavy atom. The molecule has 1 amide bonds. The molecule has 26 heavy (non-hydrogen) atoms. The van der Waals surface area contributed by atoms with E-state index < -0.39 is 5.54 Å². The molecule has 2 aromatic rings. The van der Waals surface area contributed by atoms with Gasteiger partial charge in [-0.05, 0) is 42.3 Å². The first kappa shape index (κ1) is 16.8. The van der Waals surface area contributed by atoms with Crippen LogP contribution >= 0.6 is 0 Å².